The minimum Gasteiger partial charge on any atom is -0.481 e. The highest BCUT2D eigenvalue weighted by Gasteiger charge is 2.30. The summed E-state index contributed by atoms with van der Waals surface area (Å²) in [6.45, 7) is 0.497. The van der Waals surface area contributed by atoms with Gasteiger partial charge in [-0.15, -0.1) is 0 Å². The van der Waals surface area contributed by atoms with E-state index in [0.29, 0.717) is 0 Å². The Morgan fingerprint density at radius 3 is 1.70 bits per heavy atom. The van der Waals surface area contributed by atoms with Gasteiger partial charge in [-0.1, -0.05) is 0 Å². The number of carbonyl (C=O) groups is 6. The predicted octanol–water partition coefficient (Wildman–Crippen LogP) is -4.00. The fourth-order valence-electron chi connectivity index (χ4n) is 2.12. The van der Waals surface area contributed by atoms with Gasteiger partial charge >= 0.3 is 11.9 Å². The van der Waals surface area contributed by atoms with Gasteiger partial charge in [0.2, 0.25) is 23.6 Å². The second kappa shape index (κ2) is 13.1. The second-order valence-corrected chi connectivity index (χ2v) is 6.43. The first-order valence-electron chi connectivity index (χ1n) is 8.89. The standard InChI is InChI=1S/C16H27N5O9/c1-7(17)13(26)21-10(6-22)15(28)19-8(3-5-12(24)25)14(27)20-9(16(29)30)2-4-11(18)23/h7-10,22H,2-6,17H2,1H3,(H2,18,23)(H,19,28)(H,20,27)(H,21,26)(H,24,25)(H,29,30). The normalized spacial score (nSPS) is 14.5. The van der Waals surface area contributed by atoms with Crippen LogP contribution in [0.25, 0.3) is 0 Å². The number of hydrogen-bond donors (Lipinski definition) is 8. The molecule has 4 unspecified atom stereocenters. The van der Waals surface area contributed by atoms with Gasteiger partial charge in [-0.05, 0) is 19.8 Å². The van der Waals surface area contributed by atoms with Crippen LogP contribution < -0.4 is 27.4 Å². The lowest BCUT2D eigenvalue weighted by Gasteiger charge is -2.23. The molecule has 0 saturated carbocycles. The Morgan fingerprint density at radius 2 is 1.27 bits per heavy atom. The van der Waals surface area contributed by atoms with E-state index in [0.717, 1.165) is 0 Å². The number of rotatable bonds is 14. The fourth-order valence-corrected chi connectivity index (χ4v) is 2.12. The van der Waals surface area contributed by atoms with Gasteiger partial charge in [0.05, 0.1) is 12.6 Å². The van der Waals surface area contributed by atoms with Crippen LogP contribution in [-0.2, 0) is 28.8 Å². The first kappa shape index (κ1) is 26.7. The molecule has 0 radical (unpaired) electrons. The number of carboxylic acid groups (broad SMARTS) is 2. The molecule has 0 spiro atoms. The Bertz CT molecular complexity index is 667. The largest absolute Gasteiger partial charge is 0.481 e. The van der Waals surface area contributed by atoms with Gasteiger partial charge in [-0.2, -0.15) is 0 Å². The zero-order valence-corrected chi connectivity index (χ0v) is 16.3. The maximum absolute atomic E-state index is 12.4. The molecule has 0 fully saturated rings. The van der Waals surface area contributed by atoms with Gasteiger partial charge in [-0.3, -0.25) is 24.0 Å². The average Bonchev–Trinajstić information content (AvgIpc) is 2.64. The lowest BCUT2D eigenvalue weighted by atomic mass is 10.1. The lowest BCUT2D eigenvalue weighted by molar-refractivity contribution is -0.143. The van der Waals surface area contributed by atoms with E-state index < -0.39 is 79.2 Å². The maximum Gasteiger partial charge on any atom is 0.326 e. The topological polar surface area (TPSA) is 251 Å². The van der Waals surface area contributed by atoms with Gasteiger partial charge < -0.3 is 42.7 Å². The van der Waals surface area contributed by atoms with Crippen LogP contribution >= 0.6 is 0 Å². The van der Waals surface area contributed by atoms with Crippen molar-refractivity contribution in [2.45, 2.75) is 56.8 Å². The van der Waals surface area contributed by atoms with Crippen molar-refractivity contribution in [3.8, 4) is 0 Å². The molecular formula is C16H27N5O9. The van der Waals surface area contributed by atoms with E-state index in [9.17, 15) is 33.9 Å². The number of amides is 4. The minimum atomic E-state index is -1.51. The molecule has 0 aliphatic carbocycles. The molecular weight excluding hydrogens is 406 g/mol. The monoisotopic (exact) mass is 433 g/mol. The molecule has 0 heterocycles. The summed E-state index contributed by atoms with van der Waals surface area (Å²) in [5.41, 5.74) is 10.3. The molecule has 170 valence electrons. The highest BCUT2D eigenvalue weighted by molar-refractivity contribution is 5.94. The third-order valence-electron chi connectivity index (χ3n) is 3.80. The van der Waals surface area contributed by atoms with Crippen molar-refractivity contribution in [3.05, 3.63) is 0 Å². The maximum atomic E-state index is 12.4. The van der Waals surface area contributed by atoms with Crippen LogP contribution in [0.5, 0.6) is 0 Å². The highest BCUT2D eigenvalue weighted by Crippen LogP contribution is 2.03. The summed E-state index contributed by atoms with van der Waals surface area (Å²) < 4.78 is 0. The number of aliphatic hydroxyl groups excluding tert-OH is 1. The van der Waals surface area contributed by atoms with Crippen molar-refractivity contribution in [1.29, 1.82) is 0 Å². The van der Waals surface area contributed by atoms with Crippen LogP contribution in [0, 0.1) is 0 Å². The third-order valence-corrected chi connectivity index (χ3v) is 3.80. The highest BCUT2D eigenvalue weighted by atomic mass is 16.4. The molecule has 0 rings (SSSR count). The molecule has 0 aliphatic rings. The molecule has 14 heteroatoms. The summed E-state index contributed by atoms with van der Waals surface area (Å²) in [5.74, 6) is -6.34. The minimum absolute atomic E-state index is 0.320. The number of primary amides is 1. The Labute approximate surface area is 171 Å². The molecule has 0 aromatic rings. The predicted molar refractivity (Wildman–Crippen MR) is 99.5 cm³/mol. The van der Waals surface area contributed by atoms with Crippen molar-refractivity contribution in [1.82, 2.24) is 16.0 Å². The van der Waals surface area contributed by atoms with Crippen LogP contribution in [0.2, 0.25) is 0 Å². The zero-order chi connectivity index (χ0) is 23.4. The van der Waals surface area contributed by atoms with Crippen LogP contribution in [-0.4, -0.2) is 81.7 Å². The molecule has 0 aromatic heterocycles. The zero-order valence-electron chi connectivity index (χ0n) is 16.3. The van der Waals surface area contributed by atoms with E-state index in [1.165, 1.54) is 6.92 Å². The Hall–Kier alpha value is -3.26. The van der Waals surface area contributed by atoms with Gasteiger partial charge in [0.25, 0.3) is 0 Å². The third kappa shape index (κ3) is 10.3. The van der Waals surface area contributed by atoms with E-state index in [4.69, 9.17) is 21.7 Å². The van der Waals surface area contributed by atoms with E-state index in [1.807, 2.05) is 0 Å². The molecule has 0 bridgehead atoms. The molecule has 4 atom stereocenters. The quantitative estimate of drug-likeness (QED) is 0.132. The molecule has 30 heavy (non-hydrogen) atoms. The van der Waals surface area contributed by atoms with Crippen molar-refractivity contribution in [2.24, 2.45) is 11.5 Å². The number of hydrogen-bond acceptors (Lipinski definition) is 8. The first-order valence-corrected chi connectivity index (χ1v) is 8.89. The smallest absolute Gasteiger partial charge is 0.326 e. The summed E-state index contributed by atoms with van der Waals surface area (Å²) in [4.78, 5) is 69.3. The van der Waals surface area contributed by atoms with E-state index in [1.54, 1.807) is 0 Å². The number of aliphatic hydroxyl groups is 1. The first-order chi connectivity index (χ1) is 13.9. The second-order valence-electron chi connectivity index (χ2n) is 6.43. The van der Waals surface area contributed by atoms with Gasteiger partial charge in [-0.25, -0.2) is 4.79 Å². The molecule has 0 aromatic carbocycles. The number of aliphatic carboxylic acids is 2. The molecule has 14 nitrogen and oxygen atoms in total. The average molecular weight is 433 g/mol. The van der Waals surface area contributed by atoms with Crippen molar-refractivity contribution in [2.75, 3.05) is 6.61 Å². The molecule has 4 amide bonds. The van der Waals surface area contributed by atoms with Gasteiger partial charge in [0.15, 0.2) is 0 Å². The Balaban J connectivity index is 5.30. The number of nitrogens with two attached hydrogens (primary N) is 2. The lowest BCUT2D eigenvalue weighted by Crippen LogP contribution is -2.57. The molecule has 0 saturated heterocycles. The fraction of sp³-hybridized carbons (Fsp3) is 0.625. The molecule has 0 aliphatic heterocycles. The van der Waals surface area contributed by atoms with Crippen LogP contribution in [0.15, 0.2) is 0 Å². The van der Waals surface area contributed by atoms with Gasteiger partial charge in [0.1, 0.15) is 18.1 Å². The van der Waals surface area contributed by atoms with E-state index >= 15 is 0 Å². The van der Waals surface area contributed by atoms with E-state index in [-0.39, 0.29) is 12.8 Å². The SMILES string of the molecule is CC(N)C(=O)NC(CO)C(=O)NC(CCC(=O)O)C(=O)NC(CCC(N)=O)C(=O)O. The number of carbonyl (C=O) groups excluding carboxylic acids is 4. The van der Waals surface area contributed by atoms with Crippen molar-refractivity contribution >= 4 is 35.6 Å². The Morgan fingerprint density at radius 1 is 0.800 bits per heavy atom. The van der Waals surface area contributed by atoms with E-state index in [2.05, 4.69) is 16.0 Å². The summed E-state index contributed by atoms with van der Waals surface area (Å²) in [5, 5.41) is 33.7. The van der Waals surface area contributed by atoms with Crippen LogP contribution in [0.3, 0.4) is 0 Å². The summed E-state index contributed by atoms with van der Waals surface area (Å²) in [6.07, 6.45) is -1.61. The Kier molecular flexibility index (Phi) is 11.6. The number of nitrogens with one attached hydrogen (secondary N) is 3. The number of carboxylic acids is 2. The van der Waals surface area contributed by atoms with Crippen LogP contribution in [0.4, 0.5) is 0 Å². The van der Waals surface area contributed by atoms with Crippen molar-refractivity contribution < 1.29 is 44.1 Å². The summed E-state index contributed by atoms with van der Waals surface area (Å²) >= 11 is 0. The summed E-state index contributed by atoms with van der Waals surface area (Å²) in [6, 6.07) is -5.47. The molecule has 10 N–H and O–H groups in total. The van der Waals surface area contributed by atoms with Crippen LogP contribution in [0.1, 0.15) is 32.6 Å². The van der Waals surface area contributed by atoms with Crippen molar-refractivity contribution in [3.63, 3.8) is 0 Å². The van der Waals surface area contributed by atoms with Gasteiger partial charge in [0, 0.05) is 12.8 Å². The summed E-state index contributed by atoms with van der Waals surface area (Å²) in [7, 11) is 0.